The molecule has 59 valence electrons. The van der Waals surface area contributed by atoms with E-state index in [1.54, 1.807) is 0 Å². The van der Waals surface area contributed by atoms with Crippen LogP contribution in [0.5, 0.6) is 0 Å². The van der Waals surface area contributed by atoms with Crippen LogP contribution in [0.3, 0.4) is 0 Å². The summed E-state index contributed by atoms with van der Waals surface area (Å²) in [5.41, 5.74) is 1.76. The molecule has 0 aliphatic carbocycles. The zero-order chi connectivity index (χ0) is 8.20. The van der Waals surface area contributed by atoms with E-state index >= 15 is 0 Å². The molecule has 0 amide bonds. The highest BCUT2D eigenvalue weighted by Gasteiger charge is 2.17. The molecule has 0 heteroatoms. The highest BCUT2D eigenvalue weighted by atomic mass is 14.2. The van der Waals surface area contributed by atoms with E-state index < -0.39 is 0 Å². The second kappa shape index (κ2) is 3.80. The summed E-state index contributed by atoms with van der Waals surface area (Å²) in [5.74, 6) is 0. The Labute approximate surface area is 65.3 Å². The van der Waals surface area contributed by atoms with Gasteiger partial charge in [0.15, 0.2) is 0 Å². The zero-order valence-corrected chi connectivity index (χ0v) is 7.70. The van der Waals surface area contributed by atoms with Gasteiger partial charge in [0, 0.05) is 0 Å². The average molecular weight is 139 g/mol. The first-order valence-electron chi connectivity index (χ1n) is 4.01. The van der Waals surface area contributed by atoms with Gasteiger partial charge in [0.25, 0.3) is 0 Å². The third-order valence-electron chi connectivity index (χ3n) is 2.25. The number of hydrogen-bond donors (Lipinski definition) is 0. The first-order valence-corrected chi connectivity index (χ1v) is 4.01. The highest BCUT2D eigenvalue weighted by Crippen LogP contribution is 2.30. The molecule has 0 aliphatic heterocycles. The second-order valence-electron chi connectivity index (χ2n) is 3.52. The van der Waals surface area contributed by atoms with E-state index in [1.165, 1.54) is 18.4 Å². The molecule has 0 aliphatic rings. The zero-order valence-electron chi connectivity index (χ0n) is 7.70. The van der Waals surface area contributed by atoms with Gasteiger partial charge >= 0.3 is 0 Å². The van der Waals surface area contributed by atoms with Crippen LogP contribution < -0.4 is 0 Å². The van der Waals surface area contributed by atoms with Crippen molar-refractivity contribution in [1.82, 2.24) is 0 Å². The molecule has 0 rings (SSSR count). The van der Waals surface area contributed by atoms with Crippen LogP contribution in [0.1, 0.15) is 40.5 Å². The van der Waals surface area contributed by atoms with Gasteiger partial charge in [-0.3, -0.25) is 0 Å². The largest absolute Gasteiger partial charge is 0.0848 e. The lowest BCUT2D eigenvalue weighted by Gasteiger charge is -2.24. The molecular formula is C10H19. The predicted octanol–water partition coefficient (Wildman–Crippen LogP) is 3.59. The highest BCUT2D eigenvalue weighted by molar-refractivity contribution is 5.09. The second-order valence-corrected chi connectivity index (χ2v) is 3.52. The summed E-state index contributed by atoms with van der Waals surface area (Å²) in [7, 11) is 0. The molecule has 0 nitrogen and oxygen atoms in total. The fraction of sp³-hybridized carbons (Fsp3) is 0.700. The van der Waals surface area contributed by atoms with E-state index in [2.05, 4.69) is 34.6 Å². The number of allylic oxidation sites excluding steroid dienone is 2. The molecule has 1 radical (unpaired) electrons. The molecule has 0 atom stereocenters. The molecule has 0 fully saturated rings. The molecule has 0 N–H and O–H groups in total. The molecule has 0 unspecified atom stereocenters. The summed E-state index contributed by atoms with van der Waals surface area (Å²) >= 11 is 0. The molecule has 0 saturated heterocycles. The maximum atomic E-state index is 3.77. The molecular weight excluding hydrogens is 120 g/mol. The van der Waals surface area contributed by atoms with Crippen molar-refractivity contribution in [2.45, 2.75) is 40.5 Å². The third kappa shape index (κ3) is 2.55. The standard InChI is InChI=1S/C10H19/c1-6-8-10(4,5)9(3)7-2/h7H,2,6,8H2,1,3-5H3/b9-7+. The minimum atomic E-state index is 0.358. The minimum Gasteiger partial charge on any atom is -0.0848 e. The molecule has 0 aromatic rings. The van der Waals surface area contributed by atoms with E-state index in [4.69, 9.17) is 0 Å². The summed E-state index contributed by atoms with van der Waals surface area (Å²) in [6, 6.07) is 0. The quantitative estimate of drug-likeness (QED) is 0.560. The first kappa shape index (κ1) is 9.74. The van der Waals surface area contributed by atoms with Crippen LogP contribution in [-0.4, -0.2) is 0 Å². The van der Waals surface area contributed by atoms with Crippen molar-refractivity contribution >= 4 is 0 Å². The lowest BCUT2D eigenvalue weighted by molar-refractivity contribution is 0.403. The van der Waals surface area contributed by atoms with Gasteiger partial charge in [0.1, 0.15) is 0 Å². The van der Waals surface area contributed by atoms with Crippen LogP contribution in [0, 0.1) is 12.3 Å². The molecule has 0 aromatic carbocycles. The van der Waals surface area contributed by atoms with E-state index in [0.29, 0.717) is 5.41 Å². The molecule has 10 heavy (non-hydrogen) atoms. The van der Waals surface area contributed by atoms with Gasteiger partial charge in [0.2, 0.25) is 0 Å². The van der Waals surface area contributed by atoms with Gasteiger partial charge in [-0.15, -0.1) is 0 Å². The topological polar surface area (TPSA) is 0 Å². The average Bonchev–Trinajstić information content (AvgIpc) is 1.86. The monoisotopic (exact) mass is 139 g/mol. The van der Waals surface area contributed by atoms with Crippen molar-refractivity contribution in [3.05, 3.63) is 18.6 Å². The van der Waals surface area contributed by atoms with Crippen molar-refractivity contribution in [3.63, 3.8) is 0 Å². The van der Waals surface area contributed by atoms with Crippen molar-refractivity contribution in [2.24, 2.45) is 5.41 Å². The predicted molar refractivity (Wildman–Crippen MR) is 47.8 cm³/mol. The van der Waals surface area contributed by atoms with Gasteiger partial charge < -0.3 is 0 Å². The Bertz CT molecular complexity index is 118. The van der Waals surface area contributed by atoms with Crippen LogP contribution in [0.25, 0.3) is 0 Å². The van der Waals surface area contributed by atoms with Crippen LogP contribution in [-0.2, 0) is 0 Å². The molecule has 0 spiro atoms. The fourth-order valence-corrected chi connectivity index (χ4v) is 1.10. The van der Waals surface area contributed by atoms with Gasteiger partial charge in [-0.05, 0) is 25.7 Å². The fourth-order valence-electron chi connectivity index (χ4n) is 1.10. The van der Waals surface area contributed by atoms with Gasteiger partial charge in [0.05, 0.1) is 0 Å². The number of hydrogen-bond acceptors (Lipinski definition) is 0. The molecule has 0 saturated carbocycles. The Morgan fingerprint density at radius 1 is 1.50 bits per heavy atom. The van der Waals surface area contributed by atoms with E-state index in [9.17, 15) is 0 Å². The normalized spacial score (nSPS) is 13.9. The molecule has 0 bridgehead atoms. The maximum Gasteiger partial charge on any atom is -0.0148 e. The first-order chi connectivity index (χ1) is 4.54. The Hall–Kier alpha value is -0.260. The summed E-state index contributed by atoms with van der Waals surface area (Å²) in [4.78, 5) is 0. The van der Waals surface area contributed by atoms with Crippen LogP contribution in [0.2, 0.25) is 0 Å². The van der Waals surface area contributed by atoms with E-state index in [1.807, 2.05) is 6.08 Å². The van der Waals surface area contributed by atoms with Crippen LogP contribution >= 0.6 is 0 Å². The third-order valence-corrected chi connectivity index (χ3v) is 2.25. The van der Waals surface area contributed by atoms with Crippen molar-refractivity contribution in [2.75, 3.05) is 0 Å². The van der Waals surface area contributed by atoms with Crippen LogP contribution in [0.4, 0.5) is 0 Å². The summed E-state index contributed by atoms with van der Waals surface area (Å²) in [5, 5.41) is 0. The Morgan fingerprint density at radius 2 is 2.00 bits per heavy atom. The lowest BCUT2D eigenvalue weighted by atomic mass is 9.81. The van der Waals surface area contributed by atoms with Crippen molar-refractivity contribution in [1.29, 1.82) is 0 Å². The summed E-state index contributed by atoms with van der Waals surface area (Å²) < 4.78 is 0. The van der Waals surface area contributed by atoms with Gasteiger partial charge in [-0.2, -0.15) is 0 Å². The van der Waals surface area contributed by atoms with Gasteiger partial charge in [-0.1, -0.05) is 38.8 Å². The van der Waals surface area contributed by atoms with E-state index in [0.717, 1.165) is 0 Å². The van der Waals surface area contributed by atoms with Crippen molar-refractivity contribution in [3.8, 4) is 0 Å². The smallest absolute Gasteiger partial charge is 0.0148 e. The number of rotatable bonds is 3. The summed E-state index contributed by atoms with van der Waals surface area (Å²) in [6.07, 6.45) is 4.47. The van der Waals surface area contributed by atoms with Gasteiger partial charge in [-0.25, -0.2) is 0 Å². The Morgan fingerprint density at radius 3 is 2.30 bits per heavy atom. The van der Waals surface area contributed by atoms with E-state index in [-0.39, 0.29) is 0 Å². The Kier molecular flexibility index (Phi) is 3.70. The van der Waals surface area contributed by atoms with Crippen LogP contribution in [0.15, 0.2) is 11.6 Å². The SMILES string of the molecule is [CH2]/C=C(\C)C(C)(C)CCC. The molecule has 0 heterocycles. The molecule has 0 aromatic heterocycles. The Balaban J connectivity index is 4.10. The van der Waals surface area contributed by atoms with Crippen molar-refractivity contribution < 1.29 is 0 Å². The summed E-state index contributed by atoms with van der Waals surface area (Å²) in [6.45, 7) is 12.7. The maximum absolute atomic E-state index is 3.77. The minimum absolute atomic E-state index is 0.358. The lowest BCUT2D eigenvalue weighted by Crippen LogP contribution is -2.11.